The molecule has 3 aromatic rings. The van der Waals surface area contributed by atoms with Gasteiger partial charge >= 0.3 is 0 Å². The Morgan fingerprint density at radius 3 is 2.52 bits per heavy atom. The van der Waals surface area contributed by atoms with Crippen LogP contribution in [0.15, 0.2) is 60.8 Å². The molecular formula is C21H14ClN3O4. The molecule has 1 aliphatic rings. The number of anilines is 2. The minimum Gasteiger partial charge on any atom is -0.495 e. The Labute approximate surface area is 170 Å². The van der Waals surface area contributed by atoms with Gasteiger partial charge in [0.2, 0.25) is 0 Å². The zero-order valence-corrected chi connectivity index (χ0v) is 15.9. The first-order chi connectivity index (χ1) is 14.0. The van der Waals surface area contributed by atoms with Crippen molar-refractivity contribution in [2.24, 2.45) is 0 Å². The highest BCUT2D eigenvalue weighted by Gasteiger charge is 2.38. The highest BCUT2D eigenvalue weighted by Crippen LogP contribution is 2.34. The first-order valence-corrected chi connectivity index (χ1v) is 8.96. The van der Waals surface area contributed by atoms with E-state index < -0.39 is 17.7 Å². The molecular weight excluding hydrogens is 394 g/mol. The van der Waals surface area contributed by atoms with Gasteiger partial charge in [0.25, 0.3) is 17.7 Å². The summed E-state index contributed by atoms with van der Waals surface area (Å²) >= 11 is 5.79. The monoisotopic (exact) mass is 407 g/mol. The molecule has 2 aromatic carbocycles. The number of ether oxygens (including phenoxy) is 1. The Kier molecular flexibility index (Phi) is 4.74. The van der Waals surface area contributed by atoms with Crippen molar-refractivity contribution < 1.29 is 19.1 Å². The molecule has 0 saturated carbocycles. The van der Waals surface area contributed by atoms with Gasteiger partial charge in [-0.05, 0) is 42.5 Å². The summed E-state index contributed by atoms with van der Waals surface area (Å²) in [6.07, 6.45) is 1.41. The topological polar surface area (TPSA) is 88.6 Å². The molecule has 0 saturated heterocycles. The van der Waals surface area contributed by atoms with Crippen LogP contribution >= 0.6 is 11.6 Å². The standard InChI is InChI=1S/C21H14ClN3O4/c1-29-17-5-3-2-4-16(17)25-20(27)14-8-6-12(10-15(14)21(25)28)19(26)24-18-9-7-13(22)11-23-18/h2-11H,1H3,(H,23,24,26). The Bertz CT molecular complexity index is 1140. The van der Waals surface area contributed by atoms with Gasteiger partial charge in [0.05, 0.1) is 28.9 Å². The second-order valence-electron chi connectivity index (χ2n) is 6.19. The van der Waals surface area contributed by atoms with Gasteiger partial charge in [-0.2, -0.15) is 0 Å². The van der Waals surface area contributed by atoms with E-state index >= 15 is 0 Å². The molecule has 8 heteroatoms. The summed E-state index contributed by atoms with van der Waals surface area (Å²) in [5, 5.41) is 3.07. The summed E-state index contributed by atoms with van der Waals surface area (Å²) in [6, 6.07) is 14.3. The number of imide groups is 1. The zero-order chi connectivity index (χ0) is 20.5. The van der Waals surface area contributed by atoms with Gasteiger partial charge in [0, 0.05) is 11.8 Å². The number of nitrogens with zero attached hydrogens (tertiary/aromatic N) is 2. The number of rotatable bonds is 4. The minimum atomic E-state index is -0.520. The molecule has 0 unspecified atom stereocenters. The summed E-state index contributed by atoms with van der Waals surface area (Å²) in [5.41, 5.74) is 0.945. The maximum atomic E-state index is 12.9. The number of hydrogen-bond acceptors (Lipinski definition) is 5. The number of aromatic nitrogens is 1. The summed E-state index contributed by atoms with van der Waals surface area (Å²) < 4.78 is 5.26. The second-order valence-corrected chi connectivity index (χ2v) is 6.63. The van der Waals surface area contributed by atoms with E-state index in [0.29, 0.717) is 22.3 Å². The fraction of sp³-hybridized carbons (Fsp3) is 0.0476. The maximum Gasteiger partial charge on any atom is 0.266 e. The van der Waals surface area contributed by atoms with Crippen molar-refractivity contribution in [1.82, 2.24) is 4.98 Å². The van der Waals surface area contributed by atoms with Crippen LogP contribution in [0.1, 0.15) is 31.1 Å². The number of halogens is 1. The summed E-state index contributed by atoms with van der Waals surface area (Å²) in [6.45, 7) is 0. The summed E-state index contributed by atoms with van der Waals surface area (Å²) in [4.78, 5) is 43.3. The quantitative estimate of drug-likeness (QED) is 0.664. The summed E-state index contributed by atoms with van der Waals surface area (Å²) in [5.74, 6) is -0.736. The third-order valence-corrected chi connectivity index (χ3v) is 4.67. The molecule has 2 heterocycles. The largest absolute Gasteiger partial charge is 0.495 e. The van der Waals surface area contributed by atoms with Crippen molar-refractivity contribution in [3.63, 3.8) is 0 Å². The number of benzene rings is 2. The number of amides is 3. The average molecular weight is 408 g/mol. The molecule has 4 rings (SSSR count). The lowest BCUT2D eigenvalue weighted by Gasteiger charge is -2.16. The van der Waals surface area contributed by atoms with Gasteiger partial charge in [-0.15, -0.1) is 0 Å². The first kappa shape index (κ1) is 18.6. The van der Waals surface area contributed by atoms with E-state index in [-0.39, 0.29) is 16.7 Å². The smallest absolute Gasteiger partial charge is 0.266 e. The Balaban J connectivity index is 1.65. The SMILES string of the molecule is COc1ccccc1N1C(=O)c2ccc(C(=O)Nc3ccc(Cl)cn3)cc2C1=O. The third kappa shape index (κ3) is 3.32. The fourth-order valence-electron chi connectivity index (χ4n) is 3.05. The van der Waals surface area contributed by atoms with Crippen LogP contribution < -0.4 is 15.0 Å². The van der Waals surface area contributed by atoms with E-state index in [1.807, 2.05) is 0 Å². The number of hydrogen-bond donors (Lipinski definition) is 1. The second kappa shape index (κ2) is 7.37. The van der Waals surface area contributed by atoms with Gasteiger partial charge < -0.3 is 10.1 Å². The first-order valence-electron chi connectivity index (χ1n) is 8.58. The van der Waals surface area contributed by atoms with Gasteiger partial charge in [-0.3, -0.25) is 14.4 Å². The predicted octanol–water partition coefficient (Wildman–Crippen LogP) is 3.80. The van der Waals surface area contributed by atoms with Crippen molar-refractivity contribution in [2.75, 3.05) is 17.3 Å². The van der Waals surface area contributed by atoms with Crippen molar-refractivity contribution >= 4 is 40.8 Å². The lowest BCUT2D eigenvalue weighted by molar-refractivity contribution is 0.0924. The van der Waals surface area contributed by atoms with Crippen molar-refractivity contribution in [3.05, 3.63) is 82.5 Å². The van der Waals surface area contributed by atoms with E-state index in [2.05, 4.69) is 10.3 Å². The molecule has 7 nitrogen and oxygen atoms in total. The van der Waals surface area contributed by atoms with Crippen LogP contribution in [-0.4, -0.2) is 29.8 Å². The number of nitrogens with one attached hydrogen (secondary N) is 1. The van der Waals surface area contributed by atoms with Crippen molar-refractivity contribution in [1.29, 1.82) is 0 Å². The molecule has 29 heavy (non-hydrogen) atoms. The molecule has 0 spiro atoms. The lowest BCUT2D eigenvalue weighted by atomic mass is 10.1. The maximum absolute atomic E-state index is 12.9. The Hall–Kier alpha value is -3.71. The number of fused-ring (bicyclic) bond motifs is 1. The number of carbonyl (C=O) groups excluding carboxylic acids is 3. The molecule has 1 aliphatic heterocycles. The van der Waals surface area contributed by atoms with Gasteiger partial charge in [0.1, 0.15) is 11.6 Å². The number of para-hydroxylation sites is 2. The van der Waals surface area contributed by atoms with Crippen LogP contribution in [-0.2, 0) is 0 Å². The minimum absolute atomic E-state index is 0.151. The predicted molar refractivity (Wildman–Crippen MR) is 108 cm³/mol. The van der Waals surface area contributed by atoms with E-state index in [1.54, 1.807) is 36.4 Å². The van der Waals surface area contributed by atoms with Crippen LogP contribution in [0.4, 0.5) is 11.5 Å². The number of methoxy groups -OCH3 is 1. The molecule has 0 atom stereocenters. The lowest BCUT2D eigenvalue weighted by Crippen LogP contribution is -2.29. The third-order valence-electron chi connectivity index (χ3n) is 4.44. The van der Waals surface area contributed by atoms with Crippen LogP contribution in [0, 0.1) is 0 Å². The Morgan fingerprint density at radius 1 is 1.03 bits per heavy atom. The molecule has 3 amide bonds. The molecule has 0 aliphatic carbocycles. The summed E-state index contributed by atoms with van der Waals surface area (Å²) in [7, 11) is 1.46. The zero-order valence-electron chi connectivity index (χ0n) is 15.2. The van der Waals surface area contributed by atoms with Crippen molar-refractivity contribution in [3.8, 4) is 5.75 Å². The highest BCUT2D eigenvalue weighted by atomic mass is 35.5. The normalized spacial score (nSPS) is 12.7. The van der Waals surface area contributed by atoms with E-state index in [1.165, 1.54) is 31.5 Å². The number of carbonyl (C=O) groups is 3. The van der Waals surface area contributed by atoms with E-state index in [0.717, 1.165) is 4.90 Å². The van der Waals surface area contributed by atoms with Gasteiger partial charge in [-0.1, -0.05) is 23.7 Å². The molecule has 144 valence electrons. The number of pyridine rings is 1. The average Bonchev–Trinajstić information content (AvgIpc) is 2.99. The van der Waals surface area contributed by atoms with Gasteiger partial charge in [-0.25, -0.2) is 9.88 Å². The van der Waals surface area contributed by atoms with E-state index in [4.69, 9.17) is 16.3 Å². The molecule has 0 radical (unpaired) electrons. The van der Waals surface area contributed by atoms with Gasteiger partial charge in [0.15, 0.2) is 0 Å². The molecule has 0 bridgehead atoms. The van der Waals surface area contributed by atoms with Crippen LogP contribution in [0.25, 0.3) is 0 Å². The Morgan fingerprint density at radius 2 is 1.79 bits per heavy atom. The highest BCUT2D eigenvalue weighted by molar-refractivity contribution is 6.35. The van der Waals surface area contributed by atoms with E-state index in [9.17, 15) is 14.4 Å². The molecule has 1 aromatic heterocycles. The van der Waals surface area contributed by atoms with Crippen LogP contribution in [0.2, 0.25) is 5.02 Å². The molecule has 0 fully saturated rings. The molecule has 1 N–H and O–H groups in total. The van der Waals surface area contributed by atoms with Crippen LogP contribution in [0.3, 0.4) is 0 Å². The van der Waals surface area contributed by atoms with Crippen molar-refractivity contribution in [2.45, 2.75) is 0 Å². The van der Waals surface area contributed by atoms with Crippen LogP contribution in [0.5, 0.6) is 5.75 Å². The fourth-order valence-corrected chi connectivity index (χ4v) is 3.17.